The Kier molecular flexibility index (Phi) is 5.68. The van der Waals surface area contributed by atoms with Gasteiger partial charge in [-0.2, -0.15) is 0 Å². The number of anilines is 1. The van der Waals surface area contributed by atoms with E-state index in [4.69, 9.17) is 9.15 Å². The van der Waals surface area contributed by atoms with Crippen LogP contribution in [0.2, 0.25) is 0 Å². The van der Waals surface area contributed by atoms with E-state index in [1.54, 1.807) is 23.6 Å². The summed E-state index contributed by atoms with van der Waals surface area (Å²) in [4.78, 5) is 24.7. The van der Waals surface area contributed by atoms with E-state index >= 15 is 0 Å². The predicted octanol–water partition coefficient (Wildman–Crippen LogP) is 3.37. The number of carbonyl (C=O) groups is 2. The monoisotopic (exact) mass is 372 g/mol. The predicted molar refractivity (Wildman–Crippen MR) is 101 cm³/mol. The van der Waals surface area contributed by atoms with Gasteiger partial charge in [-0.05, 0) is 43.7 Å². The van der Waals surface area contributed by atoms with Gasteiger partial charge in [0.15, 0.2) is 5.76 Å². The Bertz CT molecular complexity index is 857. The summed E-state index contributed by atoms with van der Waals surface area (Å²) in [5.74, 6) is 2.06. The third kappa shape index (κ3) is 4.49. The van der Waals surface area contributed by atoms with Gasteiger partial charge in [-0.1, -0.05) is 6.07 Å². The topological polar surface area (TPSA) is 80.6 Å². The molecular weight excluding hydrogens is 352 g/mol. The number of amides is 2. The molecule has 0 unspecified atom stereocenters. The van der Waals surface area contributed by atoms with Crippen LogP contribution in [-0.2, 0) is 16.1 Å². The number of ether oxygens (including phenoxy) is 1. The lowest BCUT2D eigenvalue weighted by molar-refractivity contribution is -0.116. The number of hydrogen-bond acceptors (Lipinski definition) is 5. The quantitative estimate of drug-likeness (QED) is 0.841. The molecule has 7 heteroatoms. The molecule has 0 saturated carbocycles. The molecule has 2 heterocycles. The van der Waals surface area contributed by atoms with Crippen LogP contribution in [0.15, 0.2) is 45.9 Å². The third-order valence-corrected chi connectivity index (χ3v) is 4.62. The number of carbonyl (C=O) groups excluding carboxylic acids is 2. The van der Waals surface area contributed by atoms with Crippen molar-refractivity contribution in [3.63, 3.8) is 0 Å². The number of hydrogen-bond donors (Lipinski definition) is 2. The molecule has 0 saturated heterocycles. The van der Waals surface area contributed by atoms with Gasteiger partial charge in [-0.25, -0.2) is 0 Å². The molecule has 0 bridgehead atoms. The second-order valence-electron chi connectivity index (χ2n) is 5.88. The summed E-state index contributed by atoms with van der Waals surface area (Å²) in [5, 5.41) is 7.32. The zero-order chi connectivity index (χ0) is 18.5. The first-order valence-corrected chi connectivity index (χ1v) is 9.28. The second kappa shape index (κ2) is 8.14. The number of thioether (sulfide) groups is 1. The zero-order valence-corrected chi connectivity index (χ0v) is 15.4. The molecular formula is C19H20N2O4S. The molecule has 0 spiro atoms. The van der Waals surface area contributed by atoms with E-state index in [0.29, 0.717) is 35.9 Å². The molecule has 2 N–H and O–H groups in total. The molecule has 2 amide bonds. The van der Waals surface area contributed by atoms with E-state index in [0.717, 1.165) is 17.1 Å². The van der Waals surface area contributed by atoms with E-state index in [-0.39, 0.29) is 11.8 Å². The number of benzene rings is 1. The summed E-state index contributed by atoms with van der Waals surface area (Å²) in [6, 6.07) is 8.85. The molecule has 0 atom stereocenters. The lowest BCUT2D eigenvalue weighted by atomic mass is 10.1. The van der Waals surface area contributed by atoms with Crippen LogP contribution in [0.1, 0.15) is 27.4 Å². The molecule has 3 rings (SSSR count). The summed E-state index contributed by atoms with van der Waals surface area (Å²) < 4.78 is 10.8. The first kappa shape index (κ1) is 18.1. The fraction of sp³-hybridized carbons (Fsp3) is 0.263. The molecule has 2 aromatic rings. The van der Waals surface area contributed by atoms with E-state index in [1.807, 2.05) is 26.0 Å². The van der Waals surface area contributed by atoms with Crippen LogP contribution in [0.4, 0.5) is 5.69 Å². The molecule has 26 heavy (non-hydrogen) atoms. The molecule has 1 aliphatic heterocycles. The van der Waals surface area contributed by atoms with Gasteiger partial charge in [-0.15, -0.1) is 11.8 Å². The first-order valence-electron chi connectivity index (χ1n) is 8.23. The number of furan rings is 1. The highest BCUT2D eigenvalue weighted by Gasteiger charge is 2.16. The fourth-order valence-corrected chi connectivity index (χ4v) is 3.04. The molecule has 6 nitrogen and oxygen atoms in total. The molecule has 1 aromatic carbocycles. The van der Waals surface area contributed by atoms with Crippen molar-refractivity contribution in [3.8, 4) is 0 Å². The summed E-state index contributed by atoms with van der Waals surface area (Å²) in [7, 11) is 0. The van der Waals surface area contributed by atoms with E-state index in [9.17, 15) is 9.59 Å². The van der Waals surface area contributed by atoms with Gasteiger partial charge < -0.3 is 19.8 Å². The highest BCUT2D eigenvalue weighted by molar-refractivity contribution is 8.02. The maximum Gasteiger partial charge on any atom is 0.291 e. The van der Waals surface area contributed by atoms with E-state index in [1.165, 1.54) is 11.8 Å². The summed E-state index contributed by atoms with van der Waals surface area (Å²) in [6.45, 7) is 4.54. The van der Waals surface area contributed by atoms with Crippen LogP contribution in [0, 0.1) is 13.8 Å². The van der Waals surface area contributed by atoms with Gasteiger partial charge in [0.25, 0.3) is 11.8 Å². The van der Waals surface area contributed by atoms with Crippen molar-refractivity contribution in [1.82, 2.24) is 5.32 Å². The maximum absolute atomic E-state index is 12.4. The smallest absolute Gasteiger partial charge is 0.291 e. The molecule has 136 valence electrons. The van der Waals surface area contributed by atoms with Gasteiger partial charge in [0, 0.05) is 22.4 Å². The van der Waals surface area contributed by atoms with Gasteiger partial charge in [0.05, 0.1) is 13.2 Å². The zero-order valence-electron chi connectivity index (χ0n) is 14.6. The van der Waals surface area contributed by atoms with Crippen LogP contribution < -0.4 is 10.6 Å². The maximum atomic E-state index is 12.4. The first-order chi connectivity index (χ1) is 12.5. The molecule has 1 aromatic heterocycles. The van der Waals surface area contributed by atoms with Gasteiger partial charge in [0.2, 0.25) is 0 Å². The normalized spacial score (nSPS) is 13.5. The Morgan fingerprint density at radius 1 is 1.15 bits per heavy atom. The van der Waals surface area contributed by atoms with Crippen LogP contribution in [0.25, 0.3) is 0 Å². The Labute approximate surface area is 156 Å². The summed E-state index contributed by atoms with van der Waals surface area (Å²) >= 11 is 1.54. The summed E-state index contributed by atoms with van der Waals surface area (Å²) in [5.41, 5.74) is 1.90. The largest absolute Gasteiger partial charge is 0.487 e. The van der Waals surface area contributed by atoms with E-state index in [2.05, 4.69) is 10.6 Å². The average Bonchev–Trinajstić information content (AvgIpc) is 3.07. The Morgan fingerprint density at radius 2 is 2.00 bits per heavy atom. The number of rotatable bonds is 5. The molecule has 1 aliphatic rings. The standard InChI is InChI=1S/C19H20N2O4S/c1-12-3-5-14(18(22)20-10-15-6-4-13(2)25-15)9-16(12)21-19(23)17-11-26-8-7-24-17/h3-6,9,11H,7-8,10H2,1-2H3,(H,20,22)(H,21,23). The molecule has 0 fully saturated rings. The van der Waals surface area contributed by atoms with E-state index < -0.39 is 0 Å². The van der Waals surface area contributed by atoms with Gasteiger partial charge >= 0.3 is 0 Å². The SMILES string of the molecule is Cc1ccc(CNC(=O)c2ccc(C)c(NC(=O)C3=CSCCO3)c2)o1. The summed E-state index contributed by atoms with van der Waals surface area (Å²) in [6.07, 6.45) is 0. The third-order valence-electron chi connectivity index (χ3n) is 3.84. The van der Waals surface area contributed by atoms with Crippen molar-refractivity contribution in [3.05, 3.63) is 64.1 Å². The highest BCUT2D eigenvalue weighted by Crippen LogP contribution is 2.21. The number of aryl methyl sites for hydroxylation is 2. The van der Waals surface area contributed by atoms with Crippen molar-refractivity contribution in [2.75, 3.05) is 17.7 Å². The van der Waals surface area contributed by atoms with Gasteiger partial charge in [-0.3, -0.25) is 9.59 Å². The minimum atomic E-state index is -0.316. The van der Waals surface area contributed by atoms with Crippen molar-refractivity contribution in [1.29, 1.82) is 0 Å². The van der Waals surface area contributed by atoms with Crippen molar-refractivity contribution in [2.24, 2.45) is 0 Å². The lowest BCUT2D eigenvalue weighted by Gasteiger charge is -2.15. The minimum absolute atomic E-state index is 0.238. The number of nitrogens with one attached hydrogen (secondary N) is 2. The molecule has 0 aliphatic carbocycles. The fourth-order valence-electron chi connectivity index (χ4n) is 2.42. The van der Waals surface area contributed by atoms with Crippen LogP contribution >= 0.6 is 11.8 Å². The van der Waals surface area contributed by atoms with Crippen LogP contribution in [0.3, 0.4) is 0 Å². The Morgan fingerprint density at radius 3 is 2.69 bits per heavy atom. The van der Waals surface area contributed by atoms with Crippen molar-refractivity contribution in [2.45, 2.75) is 20.4 Å². The van der Waals surface area contributed by atoms with Crippen LogP contribution in [0.5, 0.6) is 0 Å². The minimum Gasteiger partial charge on any atom is -0.487 e. The van der Waals surface area contributed by atoms with Crippen LogP contribution in [-0.4, -0.2) is 24.2 Å². The van der Waals surface area contributed by atoms with Crippen molar-refractivity contribution < 1.29 is 18.7 Å². The highest BCUT2D eigenvalue weighted by atomic mass is 32.2. The molecule has 0 radical (unpaired) electrons. The van der Waals surface area contributed by atoms with Gasteiger partial charge in [0.1, 0.15) is 11.5 Å². The Balaban J connectivity index is 1.67. The average molecular weight is 372 g/mol. The second-order valence-corrected chi connectivity index (χ2v) is 6.86. The lowest BCUT2D eigenvalue weighted by Crippen LogP contribution is -2.23. The van der Waals surface area contributed by atoms with Crippen molar-refractivity contribution >= 4 is 29.3 Å². The Hall–Kier alpha value is -2.67.